The Balaban J connectivity index is 0.000000690. The molecule has 112 valence electrons. The van der Waals surface area contributed by atoms with Crippen LogP contribution in [0.1, 0.15) is 5.56 Å². The zero-order chi connectivity index (χ0) is 16.3. The van der Waals surface area contributed by atoms with Crippen LogP contribution in [0, 0.1) is 11.3 Å². The maximum Gasteiger partial charge on any atom is 0.317 e. The van der Waals surface area contributed by atoms with Gasteiger partial charge in [-0.2, -0.15) is 5.26 Å². The molecule has 0 aliphatic rings. The van der Waals surface area contributed by atoms with E-state index >= 15 is 0 Å². The van der Waals surface area contributed by atoms with E-state index in [1.807, 2.05) is 0 Å². The minimum atomic E-state index is -0.968. The summed E-state index contributed by atoms with van der Waals surface area (Å²) in [6.45, 7) is -0.798. The SMILES string of the molecule is N#C/C(=C\c1ccc(O)cc1)C(=O)NCO.NCC(=O)O. The lowest BCUT2D eigenvalue weighted by molar-refractivity contribution is -0.135. The zero-order valence-corrected chi connectivity index (χ0v) is 11.0. The van der Waals surface area contributed by atoms with E-state index in [9.17, 15) is 9.59 Å². The summed E-state index contributed by atoms with van der Waals surface area (Å²) < 4.78 is 0. The Hall–Kier alpha value is -2.89. The molecule has 0 spiro atoms. The number of phenols is 1. The van der Waals surface area contributed by atoms with Gasteiger partial charge in [0.2, 0.25) is 0 Å². The average Bonchev–Trinajstić information content (AvgIpc) is 2.47. The smallest absolute Gasteiger partial charge is 0.317 e. The van der Waals surface area contributed by atoms with E-state index < -0.39 is 18.6 Å². The number of nitriles is 1. The third kappa shape index (κ3) is 7.99. The summed E-state index contributed by atoms with van der Waals surface area (Å²) in [4.78, 5) is 20.5. The summed E-state index contributed by atoms with van der Waals surface area (Å²) >= 11 is 0. The lowest BCUT2D eigenvalue weighted by Gasteiger charge is -1.99. The highest BCUT2D eigenvalue weighted by molar-refractivity contribution is 6.01. The number of aromatic hydroxyl groups is 1. The second kappa shape index (κ2) is 9.96. The number of nitrogens with one attached hydrogen (secondary N) is 1. The van der Waals surface area contributed by atoms with Crippen molar-refractivity contribution in [3.63, 3.8) is 0 Å². The van der Waals surface area contributed by atoms with Crippen LogP contribution in [-0.4, -0.2) is 40.5 Å². The molecule has 0 aromatic heterocycles. The van der Waals surface area contributed by atoms with E-state index in [2.05, 4.69) is 11.1 Å². The number of phenolic OH excluding ortho intramolecular Hbond substituents is 1. The molecule has 1 aromatic rings. The number of aliphatic hydroxyl groups is 1. The van der Waals surface area contributed by atoms with Gasteiger partial charge in [0, 0.05) is 0 Å². The second-order valence-corrected chi connectivity index (χ2v) is 3.52. The topological polar surface area (TPSA) is 157 Å². The molecule has 0 heterocycles. The van der Waals surface area contributed by atoms with Crippen LogP contribution in [0.15, 0.2) is 29.8 Å². The summed E-state index contributed by atoms with van der Waals surface area (Å²) in [7, 11) is 0. The summed E-state index contributed by atoms with van der Waals surface area (Å²) in [6, 6.07) is 7.76. The van der Waals surface area contributed by atoms with E-state index in [-0.39, 0.29) is 17.9 Å². The molecule has 0 aliphatic carbocycles. The summed E-state index contributed by atoms with van der Waals surface area (Å²) in [5.74, 6) is -1.50. The molecular weight excluding hydrogens is 278 g/mol. The van der Waals surface area contributed by atoms with Gasteiger partial charge in [-0.25, -0.2) is 0 Å². The molecule has 0 atom stereocenters. The number of carbonyl (C=O) groups excluding carboxylic acids is 1. The van der Waals surface area contributed by atoms with Crippen molar-refractivity contribution in [2.24, 2.45) is 5.73 Å². The van der Waals surface area contributed by atoms with Crippen LogP contribution in [0.2, 0.25) is 0 Å². The maximum absolute atomic E-state index is 11.2. The quantitative estimate of drug-likeness (QED) is 0.281. The Morgan fingerprint density at radius 1 is 1.33 bits per heavy atom. The van der Waals surface area contributed by atoms with Gasteiger partial charge in [0.1, 0.15) is 24.1 Å². The fourth-order valence-corrected chi connectivity index (χ4v) is 1.05. The van der Waals surface area contributed by atoms with Crippen molar-refractivity contribution in [2.75, 3.05) is 13.3 Å². The Bertz CT molecular complexity index is 546. The van der Waals surface area contributed by atoms with Gasteiger partial charge in [-0.3, -0.25) is 9.59 Å². The molecule has 0 saturated carbocycles. The lowest BCUT2D eigenvalue weighted by atomic mass is 10.1. The number of aliphatic carboxylic acids is 1. The molecule has 8 heteroatoms. The van der Waals surface area contributed by atoms with Crippen LogP contribution in [-0.2, 0) is 9.59 Å². The predicted molar refractivity (Wildman–Crippen MR) is 73.6 cm³/mol. The van der Waals surface area contributed by atoms with Gasteiger partial charge in [0.05, 0.1) is 6.54 Å². The first-order valence-electron chi connectivity index (χ1n) is 5.66. The van der Waals surface area contributed by atoms with E-state index in [1.165, 1.54) is 18.2 Å². The van der Waals surface area contributed by atoms with Gasteiger partial charge >= 0.3 is 5.97 Å². The third-order valence-corrected chi connectivity index (χ3v) is 1.98. The number of hydrogen-bond acceptors (Lipinski definition) is 6. The van der Waals surface area contributed by atoms with E-state index in [0.29, 0.717) is 5.56 Å². The fraction of sp³-hybridized carbons (Fsp3) is 0.154. The first-order chi connectivity index (χ1) is 9.94. The Morgan fingerprint density at radius 2 is 1.86 bits per heavy atom. The number of hydrogen-bond donors (Lipinski definition) is 5. The maximum atomic E-state index is 11.2. The van der Waals surface area contributed by atoms with Crippen LogP contribution in [0.25, 0.3) is 6.08 Å². The van der Waals surface area contributed by atoms with Crippen molar-refractivity contribution in [1.82, 2.24) is 5.32 Å². The number of aliphatic hydroxyl groups excluding tert-OH is 1. The number of carboxylic acid groups (broad SMARTS) is 1. The Morgan fingerprint density at radius 3 is 2.24 bits per heavy atom. The number of carboxylic acids is 1. The molecule has 1 amide bonds. The van der Waals surface area contributed by atoms with E-state index in [4.69, 9.17) is 20.6 Å². The van der Waals surface area contributed by atoms with Crippen LogP contribution in [0.3, 0.4) is 0 Å². The Labute approximate surface area is 120 Å². The number of benzene rings is 1. The molecule has 6 N–H and O–H groups in total. The number of nitrogens with zero attached hydrogens (tertiary/aromatic N) is 1. The summed E-state index contributed by atoms with van der Waals surface area (Å²) in [5, 5.41) is 36.0. The minimum Gasteiger partial charge on any atom is -0.508 e. The fourth-order valence-electron chi connectivity index (χ4n) is 1.05. The zero-order valence-electron chi connectivity index (χ0n) is 11.0. The highest BCUT2D eigenvalue weighted by Crippen LogP contribution is 2.12. The first kappa shape index (κ1) is 18.1. The minimum absolute atomic E-state index is 0.107. The van der Waals surface area contributed by atoms with Crippen LogP contribution in [0.5, 0.6) is 5.75 Å². The molecule has 8 nitrogen and oxygen atoms in total. The van der Waals surface area contributed by atoms with Crippen molar-refractivity contribution in [2.45, 2.75) is 0 Å². The number of nitrogens with two attached hydrogens (primary N) is 1. The normalized spacial score (nSPS) is 9.86. The van der Waals surface area contributed by atoms with Crippen molar-refractivity contribution in [1.29, 1.82) is 5.26 Å². The van der Waals surface area contributed by atoms with E-state index in [0.717, 1.165) is 0 Å². The molecule has 0 radical (unpaired) electrons. The Kier molecular flexibility index (Phi) is 8.59. The van der Waals surface area contributed by atoms with E-state index in [1.54, 1.807) is 18.2 Å². The summed E-state index contributed by atoms with van der Waals surface area (Å²) in [6.07, 6.45) is 1.37. The van der Waals surface area contributed by atoms with Gasteiger partial charge in [-0.1, -0.05) is 12.1 Å². The highest BCUT2D eigenvalue weighted by Gasteiger charge is 2.07. The van der Waals surface area contributed by atoms with Crippen molar-refractivity contribution in [3.05, 3.63) is 35.4 Å². The van der Waals surface area contributed by atoms with Crippen molar-refractivity contribution < 1.29 is 24.9 Å². The molecule has 0 saturated heterocycles. The van der Waals surface area contributed by atoms with Crippen LogP contribution in [0.4, 0.5) is 0 Å². The number of rotatable bonds is 4. The standard InChI is InChI=1S/C11H10N2O3.C2H5NO2/c12-6-9(11(16)13-7-14)5-8-1-3-10(15)4-2-8;3-1-2(4)5/h1-5,14-15H,7H2,(H,13,16);1,3H2,(H,4,5)/b9-5+;. The predicted octanol–water partition coefficient (Wildman–Crippen LogP) is -0.605. The van der Waals surface area contributed by atoms with Gasteiger partial charge < -0.3 is 26.4 Å². The van der Waals surface area contributed by atoms with Gasteiger partial charge in [0.25, 0.3) is 5.91 Å². The largest absolute Gasteiger partial charge is 0.508 e. The third-order valence-electron chi connectivity index (χ3n) is 1.98. The molecule has 21 heavy (non-hydrogen) atoms. The molecule has 0 unspecified atom stereocenters. The molecule has 0 fully saturated rings. The van der Waals surface area contributed by atoms with Crippen molar-refractivity contribution >= 4 is 18.0 Å². The second-order valence-electron chi connectivity index (χ2n) is 3.52. The van der Waals surface area contributed by atoms with Crippen molar-refractivity contribution in [3.8, 4) is 11.8 Å². The molecule has 0 aliphatic heterocycles. The number of carbonyl (C=O) groups is 2. The van der Waals surface area contributed by atoms with Gasteiger partial charge in [-0.15, -0.1) is 0 Å². The number of amides is 1. The van der Waals surface area contributed by atoms with Gasteiger partial charge in [-0.05, 0) is 23.8 Å². The summed E-state index contributed by atoms with van der Waals surface area (Å²) in [5.41, 5.74) is 5.07. The monoisotopic (exact) mass is 293 g/mol. The van der Waals surface area contributed by atoms with Crippen LogP contribution >= 0.6 is 0 Å². The van der Waals surface area contributed by atoms with Gasteiger partial charge in [0.15, 0.2) is 0 Å². The van der Waals surface area contributed by atoms with Crippen LogP contribution < -0.4 is 11.1 Å². The molecule has 0 bridgehead atoms. The molecular formula is C13H15N3O5. The highest BCUT2D eigenvalue weighted by atomic mass is 16.4. The molecule has 1 rings (SSSR count). The average molecular weight is 293 g/mol. The molecule has 1 aromatic carbocycles. The first-order valence-corrected chi connectivity index (χ1v) is 5.66. The lowest BCUT2D eigenvalue weighted by Crippen LogP contribution is -2.25.